The van der Waals surface area contributed by atoms with E-state index in [-0.39, 0.29) is 5.69 Å². The number of hydrogen-bond acceptors (Lipinski definition) is 5. The van der Waals surface area contributed by atoms with Gasteiger partial charge in [0.05, 0.1) is 0 Å². The van der Waals surface area contributed by atoms with Crippen LogP contribution in [0.25, 0.3) is 10.6 Å². The lowest BCUT2D eigenvalue weighted by atomic mass is 10.0. The lowest BCUT2D eigenvalue weighted by molar-refractivity contribution is 0.0691. The number of carboxylic acid groups (broad SMARTS) is 1. The lowest BCUT2D eigenvalue weighted by Gasteiger charge is -2.35. The van der Waals surface area contributed by atoms with Crippen LogP contribution in [0.5, 0.6) is 0 Å². The number of hydrogen-bond donors (Lipinski definition) is 1. The highest BCUT2D eigenvalue weighted by Gasteiger charge is 2.21. The van der Waals surface area contributed by atoms with Crippen molar-refractivity contribution in [2.45, 2.75) is 25.4 Å². The molecule has 0 spiro atoms. The average Bonchev–Trinajstić information content (AvgIpc) is 3.06. The van der Waals surface area contributed by atoms with Crippen LogP contribution < -0.4 is 0 Å². The zero-order chi connectivity index (χ0) is 17.1. The maximum absolute atomic E-state index is 11.1. The molecule has 0 aliphatic carbocycles. The number of aromatic carboxylic acids is 1. The van der Waals surface area contributed by atoms with E-state index in [4.69, 9.17) is 5.11 Å². The molecule has 2 heterocycles. The second kappa shape index (κ2) is 7.42. The minimum absolute atomic E-state index is 0.119. The summed E-state index contributed by atoms with van der Waals surface area (Å²) >= 11 is 1.39. The van der Waals surface area contributed by atoms with E-state index < -0.39 is 5.97 Å². The minimum Gasteiger partial charge on any atom is -0.476 e. The molecule has 24 heavy (non-hydrogen) atoms. The molecule has 3 rings (SSSR count). The van der Waals surface area contributed by atoms with Gasteiger partial charge in [-0.3, -0.25) is 4.90 Å². The summed E-state index contributed by atoms with van der Waals surface area (Å²) in [7, 11) is 4.35. The van der Waals surface area contributed by atoms with Crippen LogP contribution in [0, 0.1) is 0 Å². The number of aromatic nitrogens is 1. The molecule has 0 bridgehead atoms. The third-order valence-electron chi connectivity index (χ3n) is 4.70. The van der Waals surface area contributed by atoms with Gasteiger partial charge in [-0.25, -0.2) is 9.78 Å². The molecule has 1 N–H and O–H groups in total. The third-order valence-corrected chi connectivity index (χ3v) is 5.58. The van der Waals surface area contributed by atoms with E-state index in [1.807, 2.05) is 18.2 Å². The number of rotatable bonds is 5. The molecule has 5 nitrogen and oxygen atoms in total. The molecule has 2 aromatic rings. The Morgan fingerprint density at radius 2 is 2.08 bits per heavy atom. The number of piperidine rings is 1. The predicted molar refractivity (Wildman–Crippen MR) is 96.5 cm³/mol. The predicted octanol–water partition coefficient (Wildman–Crippen LogP) is 3.03. The van der Waals surface area contributed by atoms with Crippen molar-refractivity contribution < 1.29 is 9.90 Å². The van der Waals surface area contributed by atoms with Crippen LogP contribution in [0.3, 0.4) is 0 Å². The number of carbonyl (C=O) groups is 1. The molecule has 0 unspecified atom stereocenters. The van der Waals surface area contributed by atoms with Crippen molar-refractivity contribution >= 4 is 17.3 Å². The van der Waals surface area contributed by atoms with Gasteiger partial charge >= 0.3 is 5.97 Å². The summed E-state index contributed by atoms with van der Waals surface area (Å²) in [6, 6.07) is 8.76. The molecular weight excluding hydrogens is 322 g/mol. The Morgan fingerprint density at radius 1 is 1.38 bits per heavy atom. The first-order valence-electron chi connectivity index (χ1n) is 8.20. The molecule has 0 saturated carbocycles. The summed E-state index contributed by atoms with van der Waals surface area (Å²) < 4.78 is 0. The normalized spacial score (nSPS) is 16.6. The van der Waals surface area contributed by atoms with Crippen molar-refractivity contribution in [3.05, 3.63) is 40.9 Å². The topological polar surface area (TPSA) is 56.7 Å². The first kappa shape index (κ1) is 17.1. The summed E-state index contributed by atoms with van der Waals surface area (Å²) in [6.45, 7) is 3.14. The highest BCUT2D eigenvalue weighted by Crippen LogP contribution is 2.28. The van der Waals surface area contributed by atoms with E-state index in [0.717, 1.165) is 30.2 Å². The molecule has 128 valence electrons. The zero-order valence-electron chi connectivity index (χ0n) is 14.1. The summed E-state index contributed by atoms with van der Waals surface area (Å²) in [5, 5.41) is 11.5. The summed E-state index contributed by atoms with van der Waals surface area (Å²) in [4.78, 5) is 20.1. The van der Waals surface area contributed by atoms with Crippen LogP contribution >= 0.6 is 11.3 Å². The first-order chi connectivity index (χ1) is 11.5. The molecule has 6 heteroatoms. The lowest BCUT2D eigenvalue weighted by Crippen LogP contribution is -2.41. The molecule has 1 aromatic carbocycles. The zero-order valence-corrected chi connectivity index (χ0v) is 14.9. The van der Waals surface area contributed by atoms with Gasteiger partial charge in [0.15, 0.2) is 5.69 Å². The molecular formula is C18H23N3O2S. The SMILES string of the molecule is CN1CCC(N(C)Cc2ccccc2-c2nc(C(=O)O)cs2)CC1. The van der Waals surface area contributed by atoms with Crippen LogP contribution in [0.15, 0.2) is 29.6 Å². The van der Waals surface area contributed by atoms with Gasteiger partial charge in [0.25, 0.3) is 0 Å². The Kier molecular flexibility index (Phi) is 5.28. The summed E-state index contributed by atoms with van der Waals surface area (Å²) in [5.41, 5.74) is 2.36. The fourth-order valence-electron chi connectivity index (χ4n) is 3.20. The van der Waals surface area contributed by atoms with Gasteiger partial charge in [0.1, 0.15) is 5.01 Å². The van der Waals surface area contributed by atoms with E-state index in [9.17, 15) is 4.79 Å². The van der Waals surface area contributed by atoms with Crippen molar-refractivity contribution in [3.8, 4) is 10.6 Å². The number of thiazole rings is 1. The summed E-state index contributed by atoms with van der Waals surface area (Å²) in [5.74, 6) is -0.974. The van der Waals surface area contributed by atoms with Crippen LogP contribution in [-0.4, -0.2) is 59.1 Å². The van der Waals surface area contributed by atoms with Gasteiger partial charge in [0, 0.05) is 23.5 Å². The van der Waals surface area contributed by atoms with Crippen LogP contribution in [0.2, 0.25) is 0 Å². The van der Waals surface area contributed by atoms with E-state index in [1.54, 1.807) is 5.38 Å². The molecule has 1 aliphatic rings. The molecule has 1 fully saturated rings. The van der Waals surface area contributed by atoms with Crippen molar-refractivity contribution in [2.24, 2.45) is 0 Å². The number of carboxylic acids is 1. The van der Waals surface area contributed by atoms with Crippen LogP contribution in [0.4, 0.5) is 0 Å². The highest BCUT2D eigenvalue weighted by molar-refractivity contribution is 7.13. The maximum Gasteiger partial charge on any atom is 0.355 e. The van der Waals surface area contributed by atoms with Gasteiger partial charge in [-0.05, 0) is 45.6 Å². The summed E-state index contributed by atoms with van der Waals surface area (Å²) in [6.07, 6.45) is 2.38. The molecule has 0 radical (unpaired) electrons. The minimum atomic E-state index is -0.974. The molecule has 1 aliphatic heterocycles. The van der Waals surface area contributed by atoms with Crippen molar-refractivity contribution in [1.82, 2.24) is 14.8 Å². The molecule has 1 aromatic heterocycles. The third kappa shape index (κ3) is 3.83. The van der Waals surface area contributed by atoms with E-state index in [1.165, 1.54) is 29.7 Å². The quantitative estimate of drug-likeness (QED) is 0.903. The average molecular weight is 345 g/mol. The monoisotopic (exact) mass is 345 g/mol. The molecule has 1 saturated heterocycles. The second-order valence-electron chi connectivity index (χ2n) is 6.45. The maximum atomic E-state index is 11.1. The van der Waals surface area contributed by atoms with E-state index in [0.29, 0.717) is 6.04 Å². The number of nitrogens with zero attached hydrogens (tertiary/aromatic N) is 3. The van der Waals surface area contributed by atoms with Gasteiger partial charge in [0.2, 0.25) is 0 Å². The number of benzene rings is 1. The largest absolute Gasteiger partial charge is 0.476 e. The Hall–Kier alpha value is -1.76. The van der Waals surface area contributed by atoms with Gasteiger partial charge in [-0.1, -0.05) is 24.3 Å². The van der Waals surface area contributed by atoms with Crippen molar-refractivity contribution in [2.75, 3.05) is 27.2 Å². The smallest absolute Gasteiger partial charge is 0.355 e. The van der Waals surface area contributed by atoms with Gasteiger partial charge in [-0.2, -0.15) is 0 Å². The van der Waals surface area contributed by atoms with Gasteiger partial charge in [-0.15, -0.1) is 11.3 Å². The number of likely N-dealkylation sites (tertiary alicyclic amines) is 1. The van der Waals surface area contributed by atoms with E-state index >= 15 is 0 Å². The Labute approximate surface area is 146 Å². The molecule has 0 atom stereocenters. The standard InChI is InChI=1S/C18H23N3O2S/c1-20-9-7-14(8-10-20)21(2)11-13-5-3-4-6-15(13)17-19-16(12-24-17)18(22)23/h3-6,12,14H,7-11H2,1-2H3,(H,22,23). The second-order valence-corrected chi connectivity index (χ2v) is 7.31. The Balaban J connectivity index is 1.77. The fraction of sp³-hybridized carbons (Fsp3) is 0.444. The Bertz CT molecular complexity index is 708. The van der Waals surface area contributed by atoms with Crippen LogP contribution in [-0.2, 0) is 6.54 Å². The highest BCUT2D eigenvalue weighted by atomic mass is 32.1. The fourth-order valence-corrected chi connectivity index (χ4v) is 4.05. The van der Waals surface area contributed by atoms with Crippen molar-refractivity contribution in [1.29, 1.82) is 0 Å². The molecule has 0 amide bonds. The van der Waals surface area contributed by atoms with Gasteiger partial charge < -0.3 is 10.0 Å². The van der Waals surface area contributed by atoms with Crippen LogP contribution in [0.1, 0.15) is 28.9 Å². The Morgan fingerprint density at radius 3 is 2.75 bits per heavy atom. The van der Waals surface area contributed by atoms with Crippen molar-refractivity contribution in [3.63, 3.8) is 0 Å². The van der Waals surface area contributed by atoms with E-state index in [2.05, 4.69) is 34.9 Å². The first-order valence-corrected chi connectivity index (χ1v) is 9.08.